The Labute approximate surface area is 129 Å². The van der Waals surface area contributed by atoms with Gasteiger partial charge in [0.1, 0.15) is 6.26 Å². The van der Waals surface area contributed by atoms with Crippen LogP contribution in [0.2, 0.25) is 0 Å². The van der Waals surface area contributed by atoms with Crippen LogP contribution in [0.3, 0.4) is 0 Å². The van der Waals surface area contributed by atoms with Gasteiger partial charge in [-0.15, -0.1) is 5.10 Å². The molecule has 0 bridgehead atoms. The lowest BCUT2D eigenvalue weighted by atomic mass is 9.96. The van der Waals surface area contributed by atoms with E-state index in [9.17, 15) is 4.79 Å². The van der Waals surface area contributed by atoms with Crippen LogP contribution in [0, 0.1) is 12.8 Å². The first-order valence-electron chi connectivity index (χ1n) is 7.58. The molecule has 22 heavy (non-hydrogen) atoms. The number of piperidine rings is 1. The van der Waals surface area contributed by atoms with Crippen molar-refractivity contribution >= 4 is 11.7 Å². The first-order valence-corrected chi connectivity index (χ1v) is 7.58. The van der Waals surface area contributed by atoms with Crippen LogP contribution in [0.25, 0.3) is 0 Å². The van der Waals surface area contributed by atoms with Gasteiger partial charge in [0.2, 0.25) is 0 Å². The van der Waals surface area contributed by atoms with Gasteiger partial charge in [0, 0.05) is 19.6 Å². The number of rotatable bonds is 4. The average Bonchev–Trinajstić information content (AvgIpc) is 3.08. The molecule has 0 atom stereocenters. The molecule has 0 unspecified atom stereocenters. The molecule has 3 heterocycles. The fourth-order valence-electron chi connectivity index (χ4n) is 2.66. The standard InChI is InChI=1S/C16H20N4O2/c1-12-2-3-15(19-18-12)20-7-4-13(5-8-20)10-17-16(21)14-6-9-22-11-14/h2-3,6,9,11,13H,4-5,7-8,10H2,1H3,(H,17,21). The zero-order chi connectivity index (χ0) is 15.4. The van der Waals surface area contributed by atoms with Crippen molar-refractivity contribution in [2.45, 2.75) is 19.8 Å². The lowest BCUT2D eigenvalue weighted by molar-refractivity contribution is 0.0944. The molecule has 1 fully saturated rings. The number of nitrogens with one attached hydrogen (secondary N) is 1. The Kier molecular flexibility index (Phi) is 4.37. The lowest BCUT2D eigenvalue weighted by Gasteiger charge is -2.32. The summed E-state index contributed by atoms with van der Waals surface area (Å²) in [6.45, 7) is 4.54. The van der Waals surface area contributed by atoms with Gasteiger partial charge in [-0.2, -0.15) is 5.10 Å². The van der Waals surface area contributed by atoms with Crippen molar-refractivity contribution < 1.29 is 9.21 Å². The third kappa shape index (κ3) is 3.44. The summed E-state index contributed by atoms with van der Waals surface area (Å²) in [5.41, 5.74) is 1.51. The molecule has 2 aromatic heterocycles. The number of hydrogen-bond donors (Lipinski definition) is 1. The van der Waals surface area contributed by atoms with E-state index in [4.69, 9.17) is 4.42 Å². The molecule has 6 heteroatoms. The topological polar surface area (TPSA) is 71.3 Å². The van der Waals surface area contributed by atoms with Gasteiger partial charge in [0.25, 0.3) is 5.91 Å². The molecule has 1 aliphatic rings. The maximum absolute atomic E-state index is 11.9. The summed E-state index contributed by atoms with van der Waals surface area (Å²) in [6, 6.07) is 5.68. The van der Waals surface area contributed by atoms with Crippen LogP contribution in [0.1, 0.15) is 28.9 Å². The average molecular weight is 300 g/mol. The van der Waals surface area contributed by atoms with Gasteiger partial charge in [-0.3, -0.25) is 4.79 Å². The highest BCUT2D eigenvalue weighted by Crippen LogP contribution is 2.21. The fourth-order valence-corrected chi connectivity index (χ4v) is 2.66. The van der Waals surface area contributed by atoms with Crippen molar-refractivity contribution in [2.24, 2.45) is 5.92 Å². The molecule has 3 rings (SSSR count). The zero-order valence-corrected chi connectivity index (χ0v) is 12.7. The normalized spacial score (nSPS) is 15.8. The Morgan fingerprint density at radius 3 is 2.77 bits per heavy atom. The third-order valence-corrected chi connectivity index (χ3v) is 4.06. The molecule has 1 amide bonds. The van der Waals surface area contributed by atoms with Crippen LogP contribution >= 0.6 is 0 Å². The number of nitrogens with zero attached hydrogens (tertiary/aromatic N) is 3. The predicted octanol–water partition coefficient (Wildman–Crippen LogP) is 2.02. The van der Waals surface area contributed by atoms with Crippen LogP contribution in [0.5, 0.6) is 0 Å². The minimum atomic E-state index is -0.0689. The smallest absolute Gasteiger partial charge is 0.254 e. The summed E-state index contributed by atoms with van der Waals surface area (Å²) < 4.78 is 4.92. The molecule has 0 aliphatic carbocycles. The van der Waals surface area contributed by atoms with Crippen molar-refractivity contribution in [1.29, 1.82) is 0 Å². The van der Waals surface area contributed by atoms with Gasteiger partial charge >= 0.3 is 0 Å². The second-order valence-corrected chi connectivity index (χ2v) is 5.69. The number of aromatic nitrogens is 2. The predicted molar refractivity (Wildman–Crippen MR) is 82.7 cm³/mol. The molecule has 2 aromatic rings. The number of furan rings is 1. The van der Waals surface area contributed by atoms with E-state index in [-0.39, 0.29) is 5.91 Å². The van der Waals surface area contributed by atoms with Crippen LogP contribution in [-0.4, -0.2) is 35.7 Å². The molecule has 1 N–H and O–H groups in total. The van der Waals surface area contributed by atoms with E-state index in [0.29, 0.717) is 18.0 Å². The maximum atomic E-state index is 11.9. The first kappa shape index (κ1) is 14.6. The Morgan fingerprint density at radius 1 is 1.32 bits per heavy atom. The summed E-state index contributed by atoms with van der Waals surface area (Å²) >= 11 is 0. The highest BCUT2D eigenvalue weighted by atomic mass is 16.3. The van der Waals surface area contributed by atoms with Gasteiger partial charge in [-0.25, -0.2) is 0 Å². The molecule has 1 aliphatic heterocycles. The Hall–Kier alpha value is -2.37. The van der Waals surface area contributed by atoms with Gasteiger partial charge in [0.15, 0.2) is 5.82 Å². The van der Waals surface area contributed by atoms with Crippen LogP contribution in [0.15, 0.2) is 35.1 Å². The van der Waals surface area contributed by atoms with Crippen molar-refractivity contribution in [3.05, 3.63) is 42.0 Å². The Bertz CT molecular complexity index is 602. The summed E-state index contributed by atoms with van der Waals surface area (Å²) in [7, 11) is 0. The third-order valence-electron chi connectivity index (χ3n) is 4.06. The molecule has 0 aromatic carbocycles. The van der Waals surface area contributed by atoms with Crippen molar-refractivity contribution in [1.82, 2.24) is 15.5 Å². The molecular formula is C16H20N4O2. The van der Waals surface area contributed by atoms with Crippen molar-refractivity contribution in [2.75, 3.05) is 24.5 Å². The van der Waals surface area contributed by atoms with Crippen molar-refractivity contribution in [3.63, 3.8) is 0 Å². The van der Waals surface area contributed by atoms with Gasteiger partial charge in [-0.05, 0) is 43.9 Å². The van der Waals surface area contributed by atoms with Crippen LogP contribution < -0.4 is 10.2 Å². The number of amides is 1. The molecular weight excluding hydrogens is 280 g/mol. The van der Waals surface area contributed by atoms with Crippen molar-refractivity contribution in [3.8, 4) is 0 Å². The molecule has 1 saturated heterocycles. The monoisotopic (exact) mass is 300 g/mol. The highest BCUT2D eigenvalue weighted by Gasteiger charge is 2.21. The van der Waals surface area contributed by atoms with E-state index >= 15 is 0 Å². The fraction of sp³-hybridized carbons (Fsp3) is 0.438. The van der Waals surface area contributed by atoms with E-state index in [0.717, 1.165) is 37.4 Å². The summed E-state index contributed by atoms with van der Waals surface area (Å²) in [5, 5.41) is 11.3. The molecule has 0 radical (unpaired) electrons. The van der Waals surface area contributed by atoms with E-state index in [1.807, 2.05) is 19.1 Å². The first-order chi connectivity index (χ1) is 10.7. The zero-order valence-electron chi connectivity index (χ0n) is 12.7. The number of carbonyl (C=O) groups is 1. The number of aryl methyl sites for hydroxylation is 1. The molecule has 0 saturated carbocycles. The van der Waals surface area contributed by atoms with E-state index in [2.05, 4.69) is 20.4 Å². The summed E-state index contributed by atoms with van der Waals surface area (Å²) in [5.74, 6) is 1.37. The van der Waals surface area contributed by atoms with Crippen LogP contribution in [0.4, 0.5) is 5.82 Å². The second-order valence-electron chi connectivity index (χ2n) is 5.69. The largest absolute Gasteiger partial charge is 0.472 e. The Morgan fingerprint density at radius 2 is 2.14 bits per heavy atom. The van der Waals surface area contributed by atoms with E-state index < -0.39 is 0 Å². The molecule has 0 spiro atoms. The number of anilines is 1. The highest BCUT2D eigenvalue weighted by molar-refractivity contribution is 5.93. The minimum absolute atomic E-state index is 0.0689. The van der Waals surface area contributed by atoms with Gasteiger partial charge < -0.3 is 14.6 Å². The number of carbonyl (C=O) groups excluding carboxylic acids is 1. The quantitative estimate of drug-likeness (QED) is 0.935. The van der Waals surface area contributed by atoms with Gasteiger partial charge in [-0.1, -0.05) is 0 Å². The Balaban J connectivity index is 1.45. The lowest BCUT2D eigenvalue weighted by Crippen LogP contribution is -2.39. The van der Waals surface area contributed by atoms with Crippen LogP contribution in [-0.2, 0) is 0 Å². The summed E-state index contributed by atoms with van der Waals surface area (Å²) in [6.07, 6.45) is 5.06. The molecule has 6 nitrogen and oxygen atoms in total. The summed E-state index contributed by atoms with van der Waals surface area (Å²) in [4.78, 5) is 14.1. The molecule has 116 valence electrons. The second kappa shape index (κ2) is 6.60. The minimum Gasteiger partial charge on any atom is -0.472 e. The maximum Gasteiger partial charge on any atom is 0.254 e. The SMILES string of the molecule is Cc1ccc(N2CCC(CNC(=O)c3ccoc3)CC2)nn1. The number of hydrogen-bond acceptors (Lipinski definition) is 5. The van der Waals surface area contributed by atoms with E-state index in [1.54, 1.807) is 6.07 Å². The van der Waals surface area contributed by atoms with Gasteiger partial charge in [0.05, 0.1) is 17.5 Å². The van der Waals surface area contributed by atoms with E-state index in [1.165, 1.54) is 12.5 Å².